The van der Waals surface area contributed by atoms with E-state index in [1.807, 2.05) is 48.0 Å². The van der Waals surface area contributed by atoms with E-state index in [-0.39, 0.29) is 11.7 Å². The van der Waals surface area contributed by atoms with Gasteiger partial charge in [-0.1, -0.05) is 29.8 Å². The average Bonchev–Trinajstić information content (AvgIpc) is 3.33. The number of rotatable bonds is 5. The van der Waals surface area contributed by atoms with Gasteiger partial charge in [-0.15, -0.1) is 10.2 Å². The van der Waals surface area contributed by atoms with E-state index >= 15 is 0 Å². The van der Waals surface area contributed by atoms with Gasteiger partial charge in [0.1, 0.15) is 0 Å². The Labute approximate surface area is 162 Å². The molecule has 0 aliphatic carbocycles. The molecule has 0 radical (unpaired) electrons. The van der Waals surface area contributed by atoms with Crippen molar-refractivity contribution in [1.29, 1.82) is 0 Å². The molecule has 3 aromatic rings. The summed E-state index contributed by atoms with van der Waals surface area (Å²) in [6.45, 7) is 2.89. The number of thiophene rings is 1. The van der Waals surface area contributed by atoms with Crippen LogP contribution in [0.4, 0.5) is 0 Å². The minimum atomic E-state index is -3.39. The van der Waals surface area contributed by atoms with E-state index in [1.54, 1.807) is 15.6 Å². The lowest BCUT2D eigenvalue weighted by atomic mass is 10.00. The van der Waals surface area contributed by atoms with Crippen molar-refractivity contribution in [3.63, 3.8) is 0 Å². The molecule has 0 bridgehead atoms. The van der Waals surface area contributed by atoms with Crippen molar-refractivity contribution in [2.45, 2.75) is 31.4 Å². The largest absolute Gasteiger partial charge is 0.420 e. The maximum atomic E-state index is 12.9. The Morgan fingerprint density at radius 3 is 2.96 bits per heavy atom. The number of aryl methyl sites for hydroxylation is 1. The van der Waals surface area contributed by atoms with Gasteiger partial charge in [0.25, 0.3) is 0 Å². The Balaban J connectivity index is 1.49. The predicted molar refractivity (Wildman–Crippen MR) is 105 cm³/mol. The molecule has 1 fully saturated rings. The lowest BCUT2D eigenvalue weighted by Crippen LogP contribution is -2.39. The first kappa shape index (κ1) is 18.3. The molecular weight excluding hydrogens is 382 g/mol. The maximum Gasteiger partial charge on any atom is 0.248 e. The van der Waals surface area contributed by atoms with Crippen LogP contribution in [0.2, 0.25) is 0 Å². The zero-order valence-corrected chi connectivity index (χ0v) is 16.7. The van der Waals surface area contributed by atoms with Crippen LogP contribution in [0.1, 0.15) is 35.8 Å². The second kappa shape index (κ2) is 7.53. The van der Waals surface area contributed by atoms with Crippen LogP contribution in [-0.2, 0) is 15.8 Å². The Hall–Kier alpha value is -2.03. The third-order valence-corrected chi connectivity index (χ3v) is 7.27. The molecule has 0 saturated carbocycles. The summed E-state index contributed by atoms with van der Waals surface area (Å²) < 4.78 is 33.2. The highest BCUT2D eigenvalue weighted by Crippen LogP contribution is 2.30. The van der Waals surface area contributed by atoms with E-state index < -0.39 is 10.0 Å². The highest BCUT2D eigenvalue weighted by Gasteiger charge is 2.32. The molecule has 1 aromatic carbocycles. The number of hydrogen-bond donors (Lipinski definition) is 0. The summed E-state index contributed by atoms with van der Waals surface area (Å²) >= 11 is 1.57. The summed E-state index contributed by atoms with van der Waals surface area (Å²) in [5.41, 5.74) is 2.78. The molecule has 6 nitrogen and oxygen atoms in total. The predicted octanol–water partition coefficient (Wildman–Crippen LogP) is 3.82. The number of benzene rings is 1. The maximum absolute atomic E-state index is 12.9. The lowest BCUT2D eigenvalue weighted by Gasteiger charge is -2.30. The number of sulfonamides is 1. The molecule has 27 heavy (non-hydrogen) atoms. The van der Waals surface area contributed by atoms with Gasteiger partial charge in [-0.3, -0.25) is 0 Å². The molecule has 0 N–H and O–H groups in total. The first-order valence-corrected chi connectivity index (χ1v) is 11.5. The van der Waals surface area contributed by atoms with E-state index in [0.29, 0.717) is 24.9 Å². The molecule has 2 aromatic heterocycles. The van der Waals surface area contributed by atoms with Gasteiger partial charge in [0.2, 0.25) is 21.8 Å². The quantitative estimate of drug-likeness (QED) is 0.647. The number of nitrogens with zero attached hydrogens (tertiary/aromatic N) is 3. The second-order valence-corrected chi connectivity index (χ2v) is 9.65. The minimum Gasteiger partial charge on any atom is -0.420 e. The molecule has 1 atom stereocenters. The lowest BCUT2D eigenvalue weighted by molar-refractivity contribution is 0.286. The molecule has 3 heterocycles. The standard InChI is InChI=1S/C19H21N3O3S2/c1-14-4-2-5-15(10-14)13-27(23,24)22-8-3-6-16(11-22)18-20-21-19(25-18)17-7-9-26-12-17/h2,4-5,7,9-10,12,16H,3,6,8,11,13H2,1H3. The van der Waals surface area contributed by atoms with Crippen molar-refractivity contribution in [1.82, 2.24) is 14.5 Å². The van der Waals surface area contributed by atoms with Crippen LogP contribution in [0.3, 0.4) is 0 Å². The fourth-order valence-corrected chi connectivity index (χ4v) is 5.63. The summed E-state index contributed by atoms with van der Waals surface area (Å²) in [6, 6.07) is 9.57. The van der Waals surface area contributed by atoms with Crippen LogP contribution in [0.15, 0.2) is 45.5 Å². The number of aromatic nitrogens is 2. The Bertz CT molecular complexity index is 1010. The molecule has 1 aliphatic heterocycles. The minimum absolute atomic E-state index is 0.0192. The van der Waals surface area contributed by atoms with E-state index in [0.717, 1.165) is 29.5 Å². The third kappa shape index (κ3) is 4.12. The van der Waals surface area contributed by atoms with Gasteiger partial charge >= 0.3 is 0 Å². The van der Waals surface area contributed by atoms with Crippen LogP contribution in [0, 0.1) is 6.92 Å². The Morgan fingerprint density at radius 2 is 2.19 bits per heavy atom. The summed E-state index contributed by atoms with van der Waals surface area (Å²) in [5, 5.41) is 12.2. The SMILES string of the molecule is Cc1cccc(CS(=O)(=O)N2CCCC(c3nnc(-c4ccsc4)o3)C2)c1. The van der Waals surface area contributed by atoms with Crippen LogP contribution in [0.5, 0.6) is 0 Å². The number of piperidine rings is 1. The molecular formula is C19H21N3O3S2. The van der Waals surface area contributed by atoms with Gasteiger partial charge in [0.05, 0.1) is 11.7 Å². The molecule has 1 aliphatic rings. The van der Waals surface area contributed by atoms with Gasteiger partial charge < -0.3 is 4.42 Å². The molecule has 8 heteroatoms. The Kier molecular flexibility index (Phi) is 5.12. The number of hydrogen-bond acceptors (Lipinski definition) is 6. The summed E-state index contributed by atoms with van der Waals surface area (Å²) in [6.07, 6.45) is 1.63. The van der Waals surface area contributed by atoms with Crippen molar-refractivity contribution in [2.75, 3.05) is 13.1 Å². The van der Waals surface area contributed by atoms with Crippen molar-refractivity contribution in [3.8, 4) is 11.5 Å². The third-order valence-electron chi connectivity index (χ3n) is 4.77. The van der Waals surface area contributed by atoms with Gasteiger partial charge in [-0.05, 0) is 36.8 Å². The average molecular weight is 404 g/mol. The van der Waals surface area contributed by atoms with Crippen LogP contribution < -0.4 is 0 Å². The smallest absolute Gasteiger partial charge is 0.248 e. The van der Waals surface area contributed by atoms with Crippen molar-refractivity contribution >= 4 is 21.4 Å². The highest BCUT2D eigenvalue weighted by molar-refractivity contribution is 7.88. The van der Waals surface area contributed by atoms with E-state index in [4.69, 9.17) is 4.42 Å². The molecule has 0 spiro atoms. The first-order chi connectivity index (χ1) is 13.0. The normalized spacial score (nSPS) is 18.6. The molecule has 142 valence electrons. The Morgan fingerprint density at radius 1 is 1.30 bits per heavy atom. The zero-order valence-electron chi connectivity index (χ0n) is 15.0. The van der Waals surface area contributed by atoms with Gasteiger partial charge in [-0.25, -0.2) is 12.7 Å². The van der Waals surface area contributed by atoms with Crippen LogP contribution >= 0.6 is 11.3 Å². The monoisotopic (exact) mass is 403 g/mol. The summed E-state index contributed by atoms with van der Waals surface area (Å²) in [4.78, 5) is 0. The fourth-order valence-electron chi connectivity index (χ4n) is 3.40. The molecule has 1 unspecified atom stereocenters. The topological polar surface area (TPSA) is 76.3 Å². The second-order valence-electron chi connectivity index (χ2n) is 6.90. The fraction of sp³-hybridized carbons (Fsp3) is 0.368. The van der Waals surface area contributed by atoms with Crippen LogP contribution in [0.25, 0.3) is 11.5 Å². The van der Waals surface area contributed by atoms with Crippen molar-refractivity contribution in [3.05, 3.63) is 58.1 Å². The van der Waals surface area contributed by atoms with Gasteiger partial charge in [0, 0.05) is 24.0 Å². The molecule has 1 saturated heterocycles. The highest BCUT2D eigenvalue weighted by atomic mass is 32.2. The van der Waals surface area contributed by atoms with Crippen molar-refractivity contribution < 1.29 is 12.8 Å². The van der Waals surface area contributed by atoms with Crippen LogP contribution in [-0.4, -0.2) is 36.0 Å². The van der Waals surface area contributed by atoms with Gasteiger partial charge in [-0.2, -0.15) is 11.3 Å². The zero-order chi connectivity index (χ0) is 18.9. The molecule has 4 rings (SSSR count). The van der Waals surface area contributed by atoms with E-state index in [9.17, 15) is 8.42 Å². The summed E-state index contributed by atoms with van der Waals surface area (Å²) in [7, 11) is -3.39. The first-order valence-electron chi connectivity index (χ1n) is 8.90. The van der Waals surface area contributed by atoms with Crippen molar-refractivity contribution in [2.24, 2.45) is 0 Å². The molecule has 0 amide bonds. The van der Waals surface area contributed by atoms with E-state index in [1.165, 1.54) is 0 Å². The van der Waals surface area contributed by atoms with Gasteiger partial charge in [0.15, 0.2) is 0 Å². The van der Waals surface area contributed by atoms with E-state index in [2.05, 4.69) is 10.2 Å². The summed E-state index contributed by atoms with van der Waals surface area (Å²) in [5.74, 6) is 0.967.